The zero-order valence-electron chi connectivity index (χ0n) is 9.93. The molecule has 2 aromatic heterocycles. The van der Waals surface area contributed by atoms with Crippen LogP contribution in [-0.4, -0.2) is 35.1 Å². The maximum atomic E-state index is 5.47. The standard InChI is InChI=1S/C12H17N5/c1-17(7-3-5-13)12-15-8-10(9-16-12)11-4-2-6-14-11/h2,4,6,8-9,14H,3,5,7,13H2,1H3. The number of H-pyrrole nitrogens is 1. The minimum Gasteiger partial charge on any atom is -0.361 e. The first-order valence-electron chi connectivity index (χ1n) is 5.68. The van der Waals surface area contributed by atoms with Crippen LogP contribution in [0.15, 0.2) is 30.7 Å². The van der Waals surface area contributed by atoms with Crippen LogP contribution in [0.1, 0.15) is 6.42 Å². The van der Waals surface area contributed by atoms with E-state index in [-0.39, 0.29) is 0 Å². The van der Waals surface area contributed by atoms with Crippen molar-refractivity contribution in [1.82, 2.24) is 15.0 Å². The molecule has 0 aliphatic heterocycles. The number of aromatic nitrogens is 3. The second kappa shape index (κ2) is 5.45. The molecular weight excluding hydrogens is 214 g/mol. The van der Waals surface area contributed by atoms with E-state index in [1.54, 1.807) is 0 Å². The highest BCUT2D eigenvalue weighted by Gasteiger charge is 2.04. The summed E-state index contributed by atoms with van der Waals surface area (Å²) in [6.07, 6.45) is 6.48. The molecule has 2 rings (SSSR count). The Hall–Kier alpha value is -1.88. The maximum Gasteiger partial charge on any atom is 0.225 e. The molecule has 0 saturated heterocycles. The second-order valence-corrected chi connectivity index (χ2v) is 3.92. The quantitative estimate of drug-likeness (QED) is 0.812. The van der Waals surface area contributed by atoms with Gasteiger partial charge in [-0.15, -0.1) is 0 Å². The Morgan fingerprint density at radius 2 is 2.12 bits per heavy atom. The second-order valence-electron chi connectivity index (χ2n) is 3.92. The van der Waals surface area contributed by atoms with Crippen molar-refractivity contribution in [3.63, 3.8) is 0 Å². The molecule has 3 N–H and O–H groups in total. The highest BCUT2D eigenvalue weighted by Crippen LogP contribution is 2.16. The average molecular weight is 231 g/mol. The monoisotopic (exact) mass is 231 g/mol. The van der Waals surface area contributed by atoms with Crippen LogP contribution in [0.5, 0.6) is 0 Å². The summed E-state index contributed by atoms with van der Waals surface area (Å²) in [6.45, 7) is 1.56. The van der Waals surface area contributed by atoms with Gasteiger partial charge in [-0.25, -0.2) is 9.97 Å². The molecule has 0 aliphatic carbocycles. The Morgan fingerprint density at radius 3 is 2.71 bits per heavy atom. The van der Waals surface area contributed by atoms with Gasteiger partial charge in [-0.05, 0) is 25.1 Å². The van der Waals surface area contributed by atoms with Gasteiger partial charge in [0, 0.05) is 43.4 Å². The van der Waals surface area contributed by atoms with E-state index in [9.17, 15) is 0 Å². The predicted octanol–water partition coefficient (Wildman–Crippen LogP) is 1.26. The number of hydrogen-bond donors (Lipinski definition) is 2. The van der Waals surface area contributed by atoms with Gasteiger partial charge in [-0.1, -0.05) is 0 Å². The third-order valence-corrected chi connectivity index (χ3v) is 2.59. The molecule has 0 unspecified atom stereocenters. The molecule has 2 aromatic rings. The van der Waals surface area contributed by atoms with Crippen LogP contribution in [0.4, 0.5) is 5.95 Å². The van der Waals surface area contributed by atoms with Crippen molar-refractivity contribution in [2.75, 3.05) is 25.0 Å². The number of rotatable bonds is 5. The van der Waals surface area contributed by atoms with Gasteiger partial charge in [0.25, 0.3) is 0 Å². The van der Waals surface area contributed by atoms with Crippen molar-refractivity contribution < 1.29 is 0 Å². The van der Waals surface area contributed by atoms with E-state index in [1.807, 2.05) is 42.7 Å². The molecular formula is C12H17N5. The first-order chi connectivity index (χ1) is 8.31. The first kappa shape index (κ1) is 11.6. The number of anilines is 1. The predicted molar refractivity (Wildman–Crippen MR) is 68.8 cm³/mol. The minimum atomic E-state index is 0.685. The highest BCUT2D eigenvalue weighted by molar-refractivity contribution is 5.57. The van der Waals surface area contributed by atoms with Crippen LogP contribution in [0.3, 0.4) is 0 Å². The van der Waals surface area contributed by atoms with Crippen molar-refractivity contribution in [3.05, 3.63) is 30.7 Å². The lowest BCUT2D eigenvalue weighted by Crippen LogP contribution is -2.22. The smallest absolute Gasteiger partial charge is 0.225 e. The summed E-state index contributed by atoms with van der Waals surface area (Å²) in [5.74, 6) is 0.730. The molecule has 2 heterocycles. The van der Waals surface area contributed by atoms with Crippen molar-refractivity contribution >= 4 is 5.95 Å². The third kappa shape index (κ3) is 2.82. The van der Waals surface area contributed by atoms with Crippen LogP contribution in [0.25, 0.3) is 11.3 Å². The summed E-state index contributed by atoms with van der Waals surface area (Å²) in [4.78, 5) is 13.8. The van der Waals surface area contributed by atoms with E-state index in [0.29, 0.717) is 6.54 Å². The molecule has 0 amide bonds. The highest BCUT2D eigenvalue weighted by atomic mass is 15.2. The molecule has 5 nitrogen and oxygen atoms in total. The van der Waals surface area contributed by atoms with Crippen molar-refractivity contribution in [2.24, 2.45) is 5.73 Å². The summed E-state index contributed by atoms with van der Waals surface area (Å²) in [7, 11) is 1.97. The number of nitrogens with one attached hydrogen (secondary N) is 1. The molecule has 0 spiro atoms. The van der Waals surface area contributed by atoms with Crippen LogP contribution in [0, 0.1) is 0 Å². The lowest BCUT2D eigenvalue weighted by atomic mass is 10.2. The van der Waals surface area contributed by atoms with Crippen molar-refractivity contribution in [2.45, 2.75) is 6.42 Å². The van der Waals surface area contributed by atoms with Crippen molar-refractivity contribution in [1.29, 1.82) is 0 Å². The summed E-state index contributed by atoms with van der Waals surface area (Å²) in [6, 6.07) is 3.95. The van der Waals surface area contributed by atoms with E-state index in [2.05, 4.69) is 15.0 Å². The fourth-order valence-corrected chi connectivity index (χ4v) is 1.60. The Labute approximate surface area is 101 Å². The summed E-state index contributed by atoms with van der Waals surface area (Å²) in [5.41, 5.74) is 7.49. The van der Waals surface area contributed by atoms with Gasteiger partial charge >= 0.3 is 0 Å². The Bertz CT molecular complexity index is 434. The van der Waals surface area contributed by atoms with Gasteiger partial charge in [0.2, 0.25) is 5.95 Å². The SMILES string of the molecule is CN(CCCN)c1ncc(-c2ccc[nH]2)cn1. The van der Waals surface area contributed by atoms with Crippen molar-refractivity contribution in [3.8, 4) is 11.3 Å². The zero-order valence-corrected chi connectivity index (χ0v) is 9.93. The maximum absolute atomic E-state index is 5.47. The van der Waals surface area contributed by atoms with E-state index in [4.69, 9.17) is 5.73 Å². The van der Waals surface area contributed by atoms with Crippen LogP contribution in [-0.2, 0) is 0 Å². The van der Waals surface area contributed by atoms with Gasteiger partial charge < -0.3 is 15.6 Å². The molecule has 5 heteroatoms. The van der Waals surface area contributed by atoms with E-state index in [0.717, 1.165) is 30.2 Å². The lowest BCUT2D eigenvalue weighted by molar-refractivity contribution is 0.775. The molecule has 0 saturated carbocycles. The molecule has 17 heavy (non-hydrogen) atoms. The largest absolute Gasteiger partial charge is 0.361 e. The van der Waals surface area contributed by atoms with E-state index in [1.165, 1.54) is 0 Å². The van der Waals surface area contributed by atoms with Gasteiger partial charge in [0.1, 0.15) is 0 Å². The number of nitrogens with two attached hydrogens (primary N) is 1. The Kier molecular flexibility index (Phi) is 3.72. The Morgan fingerprint density at radius 1 is 1.35 bits per heavy atom. The fourth-order valence-electron chi connectivity index (χ4n) is 1.60. The van der Waals surface area contributed by atoms with E-state index >= 15 is 0 Å². The Balaban J connectivity index is 2.08. The molecule has 0 fully saturated rings. The van der Waals surface area contributed by atoms with Gasteiger partial charge in [-0.2, -0.15) is 0 Å². The third-order valence-electron chi connectivity index (χ3n) is 2.59. The first-order valence-corrected chi connectivity index (χ1v) is 5.68. The van der Waals surface area contributed by atoms with Gasteiger partial charge in [0.15, 0.2) is 0 Å². The summed E-state index contributed by atoms with van der Waals surface area (Å²) < 4.78 is 0. The van der Waals surface area contributed by atoms with Crippen LogP contribution in [0.2, 0.25) is 0 Å². The zero-order chi connectivity index (χ0) is 12.1. The molecule has 0 aliphatic rings. The molecule has 0 radical (unpaired) electrons. The molecule has 0 bridgehead atoms. The summed E-state index contributed by atoms with van der Waals surface area (Å²) >= 11 is 0. The molecule has 90 valence electrons. The van der Waals surface area contributed by atoms with Gasteiger partial charge in [-0.3, -0.25) is 0 Å². The van der Waals surface area contributed by atoms with E-state index < -0.39 is 0 Å². The topological polar surface area (TPSA) is 70.8 Å². The molecule has 0 atom stereocenters. The van der Waals surface area contributed by atoms with Gasteiger partial charge in [0.05, 0.1) is 0 Å². The normalized spacial score (nSPS) is 10.5. The number of hydrogen-bond acceptors (Lipinski definition) is 4. The average Bonchev–Trinajstić information content (AvgIpc) is 2.90. The van der Waals surface area contributed by atoms with Crippen LogP contribution >= 0.6 is 0 Å². The number of aromatic amines is 1. The minimum absolute atomic E-state index is 0.685. The number of nitrogens with zero attached hydrogens (tertiary/aromatic N) is 3. The summed E-state index contributed by atoms with van der Waals surface area (Å²) in [5, 5.41) is 0. The fraction of sp³-hybridized carbons (Fsp3) is 0.333. The molecule has 0 aromatic carbocycles. The van der Waals surface area contributed by atoms with Crippen LogP contribution < -0.4 is 10.6 Å². The lowest BCUT2D eigenvalue weighted by Gasteiger charge is -2.16.